The summed E-state index contributed by atoms with van der Waals surface area (Å²) in [6, 6.07) is 9.18. The van der Waals surface area contributed by atoms with Gasteiger partial charge in [-0.1, -0.05) is 11.3 Å². The number of nitro groups is 1. The third kappa shape index (κ3) is 4.23. The van der Waals surface area contributed by atoms with Crippen LogP contribution in [0.15, 0.2) is 57.8 Å². The van der Waals surface area contributed by atoms with Crippen LogP contribution < -0.4 is 14.8 Å². The van der Waals surface area contributed by atoms with E-state index < -0.39 is 20.7 Å². The zero-order valence-electron chi connectivity index (χ0n) is 15.7. The Kier molecular flexibility index (Phi) is 5.99. The number of methoxy groups -OCH3 is 2. The highest BCUT2D eigenvalue weighted by Crippen LogP contribution is 2.31. The molecule has 30 heavy (non-hydrogen) atoms. The highest BCUT2D eigenvalue weighted by molar-refractivity contribution is 7.93. The minimum atomic E-state index is -3.95. The van der Waals surface area contributed by atoms with Crippen molar-refractivity contribution in [2.45, 2.75) is 9.10 Å². The Morgan fingerprint density at radius 3 is 2.43 bits per heavy atom. The van der Waals surface area contributed by atoms with Gasteiger partial charge in [-0.25, -0.2) is 13.4 Å². The van der Waals surface area contributed by atoms with Crippen molar-refractivity contribution in [3.8, 4) is 11.5 Å². The van der Waals surface area contributed by atoms with Crippen LogP contribution in [-0.4, -0.2) is 38.5 Å². The van der Waals surface area contributed by atoms with Crippen molar-refractivity contribution in [1.82, 2.24) is 4.98 Å². The molecule has 0 saturated heterocycles. The summed E-state index contributed by atoms with van der Waals surface area (Å²) in [6.45, 7) is 0. The highest BCUT2D eigenvalue weighted by atomic mass is 32.2. The van der Waals surface area contributed by atoms with E-state index in [1.165, 1.54) is 20.3 Å². The van der Waals surface area contributed by atoms with Gasteiger partial charge < -0.3 is 9.47 Å². The number of anilines is 1. The first kappa shape index (κ1) is 21.2. The molecule has 0 saturated carbocycles. The molecule has 1 amide bonds. The van der Waals surface area contributed by atoms with Crippen LogP contribution in [-0.2, 0) is 9.84 Å². The van der Waals surface area contributed by atoms with Crippen molar-refractivity contribution in [1.29, 1.82) is 0 Å². The predicted octanol–water partition coefficient (Wildman–Crippen LogP) is 3.15. The number of nitrogens with zero attached hydrogens (tertiary/aromatic N) is 2. The standard InChI is InChI=1S/C18H15N3O7S2/c1-27-12-5-8-15(28-2)14(9-12)17(22)20-18-19-10-16(29-18)30(25,26)13-6-3-11(4-7-13)21(23)24/h3-10H,1-2H3,(H,19,20,22). The van der Waals surface area contributed by atoms with Gasteiger partial charge in [0.2, 0.25) is 9.84 Å². The van der Waals surface area contributed by atoms with Crippen LogP contribution >= 0.6 is 11.3 Å². The summed E-state index contributed by atoms with van der Waals surface area (Å²) in [4.78, 5) is 26.5. The SMILES string of the molecule is COc1ccc(OC)c(C(=O)Nc2ncc(S(=O)(=O)c3ccc([N+](=O)[O-])cc3)s2)c1. The van der Waals surface area contributed by atoms with Crippen LogP contribution in [0.5, 0.6) is 11.5 Å². The van der Waals surface area contributed by atoms with E-state index in [0.29, 0.717) is 11.5 Å². The van der Waals surface area contributed by atoms with Gasteiger partial charge in [-0.15, -0.1) is 0 Å². The van der Waals surface area contributed by atoms with E-state index in [9.17, 15) is 23.3 Å². The predicted molar refractivity (Wildman–Crippen MR) is 108 cm³/mol. The third-order valence-electron chi connectivity index (χ3n) is 3.98. The molecule has 3 rings (SSSR count). The number of aromatic nitrogens is 1. The van der Waals surface area contributed by atoms with Gasteiger partial charge in [0.1, 0.15) is 15.7 Å². The Morgan fingerprint density at radius 2 is 1.83 bits per heavy atom. The second-order valence-electron chi connectivity index (χ2n) is 5.76. The van der Waals surface area contributed by atoms with Crippen molar-refractivity contribution in [3.05, 3.63) is 64.3 Å². The number of benzene rings is 2. The van der Waals surface area contributed by atoms with Gasteiger partial charge in [-0.2, -0.15) is 0 Å². The number of amides is 1. The average Bonchev–Trinajstić information content (AvgIpc) is 3.22. The summed E-state index contributed by atoms with van der Waals surface area (Å²) >= 11 is 0.755. The van der Waals surface area contributed by atoms with E-state index in [2.05, 4.69) is 10.3 Å². The molecule has 1 aromatic heterocycles. The number of nitrogens with one attached hydrogen (secondary N) is 1. The van der Waals surface area contributed by atoms with E-state index in [4.69, 9.17) is 9.47 Å². The van der Waals surface area contributed by atoms with Gasteiger partial charge in [0.25, 0.3) is 11.6 Å². The quantitative estimate of drug-likeness (QED) is 0.429. The van der Waals surface area contributed by atoms with Crippen molar-refractivity contribution >= 4 is 37.9 Å². The molecule has 1 N–H and O–H groups in total. The lowest BCUT2D eigenvalue weighted by Gasteiger charge is -2.09. The molecule has 0 spiro atoms. The van der Waals surface area contributed by atoms with E-state index >= 15 is 0 Å². The van der Waals surface area contributed by atoms with Crippen LogP contribution in [0.1, 0.15) is 10.4 Å². The second kappa shape index (κ2) is 8.47. The topological polar surface area (TPSA) is 138 Å². The van der Waals surface area contributed by atoms with Gasteiger partial charge in [0.15, 0.2) is 5.13 Å². The summed E-state index contributed by atoms with van der Waals surface area (Å²) in [7, 11) is -1.08. The molecule has 0 bridgehead atoms. The molecule has 0 aliphatic carbocycles. The molecule has 0 unspecified atom stereocenters. The van der Waals surface area contributed by atoms with Gasteiger partial charge in [-0.3, -0.25) is 20.2 Å². The zero-order chi connectivity index (χ0) is 21.9. The maximum atomic E-state index is 12.7. The number of nitro benzene ring substituents is 1. The number of sulfone groups is 1. The van der Waals surface area contributed by atoms with Crippen molar-refractivity contribution in [3.63, 3.8) is 0 Å². The Hall–Kier alpha value is -3.51. The Balaban J connectivity index is 1.84. The fraction of sp³-hybridized carbons (Fsp3) is 0.111. The zero-order valence-corrected chi connectivity index (χ0v) is 17.3. The fourth-order valence-electron chi connectivity index (χ4n) is 2.46. The summed E-state index contributed by atoms with van der Waals surface area (Å²) in [6.07, 6.45) is 1.11. The van der Waals surface area contributed by atoms with Crippen molar-refractivity contribution in [2.75, 3.05) is 19.5 Å². The Morgan fingerprint density at radius 1 is 1.13 bits per heavy atom. The van der Waals surface area contributed by atoms with Gasteiger partial charge in [0, 0.05) is 12.1 Å². The molecule has 0 aliphatic rings. The minimum Gasteiger partial charge on any atom is -0.497 e. The largest absolute Gasteiger partial charge is 0.497 e. The van der Waals surface area contributed by atoms with Gasteiger partial charge >= 0.3 is 0 Å². The van der Waals surface area contributed by atoms with Crippen molar-refractivity contribution < 1.29 is 27.6 Å². The summed E-state index contributed by atoms with van der Waals surface area (Å²) < 4.78 is 35.6. The number of hydrogen-bond donors (Lipinski definition) is 1. The van der Waals surface area contributed by atoms with Crippen LogP contribution in [0.4, 0.5) is 10.8 Å². The number of ether oxygens (including phenoxy) is 2. The number of hydrogen-bond acceptors (Lipinski definition) is 9. The number of thiazole rings is 1. The number of carbonyl (C=O) groups is 1. The molecule has 2 aromatic carbocycles. The lowest BCUT2D eigenvalue weighted by atomic mass is 10.2. The normalized spacial score (nSPS) is 11.0. The van der Waals surface area contributed by atoms with Crippen LogP contribution in [0.2, 0.25) is 0 Å². The first-order valence-corrected chi connectivity index (χ1v) is 10.5. The van der Waals surface area contributed by atoms with Crippen LogP contribution in [0.25, 0.3) is 0 Å². The van der Waals surface area contributed by atoms with Gasteiger partial charge in [0.05, 0.1) is 35.8 Å². The molecule has 10 nitrogen and oxygen atoms in total. The summed E-state index contributed by atoms with van der Waals surface area (Å²) in [5, 5.41) is 13.3. The Labute approximate surface area is 175 Å². The summed E-state index contributed by atoms with van der Waals surface area (Å²) in [5.74, 6) is 0.199. The molecule has 0 atom stereocenters. The number of non-ortho nitro benzene ring substituents is 1. The van der Waals surface area contributed by atoms with Crippen molar-refractivity contribution in [2.24, 2.45) is 0 Å². The molecule has 3 aromatic rings. The van der Waals surface area contributed by atoms with Gasteiger partial charge in [-0.05, 0) is 30.3 Å². The molecular formula is C18H15N3O7S2. The molecular weight excluding hydrogens is 434 g/mol. The minimum absolute atomic E-state index is 0.0605. The maximum absolute atomic E-state index is 12.7. The summed E-state index contributed by atoms with van der Waals surface area (Å²) in [5.41, 5.74) is -0.0368. The first-order valence-electron chi connectivity index (χ1n) is 8.25. The molecule has 0 aliphatic heterocycles. The average molecular weight is 449 g/mol. The lowest BCUT2D eigenvalue weighted by Crippen LogP contribution is -2.13. The van der Waals surface area contributed by atoms with Crippen LogP contribution in [0.3, 0.4) is 0 Å². The van der Waals surface area contributed by atoms with E-state index in [1.807, 2.05) is 0 Å². The number of carbonyl (C=O) groups excluding carboxylic acids is 1. The lowest BCUT2D eigenvalue weighted by molar-refractivity contribution is -0.384. The fourth-order valence-corrected chi connectivity index (χ4v) is 4.89. The Bertz CT molecular complexity index is 1200. The van der Waals surface area contributed by atoms with Crippen LogP contribution in [0, 0.1) is 10.1 Å². The molecule has 1 heterocycles. The van der Waals surface area contributed by atoms with E-state index in [-0.39, 0.29) is 25.5 Å². The molecule has 0 fully saturated rings. The third-order valence-corrected chi connectivity index (χ3v) is 7.12. The molecule has 156 valence electrons. The van der Waals surface area contributed by atoms with E-state index in [1.54, 1.807) is 12.1 Å². The highest BCUT2D eigenvalue weighted by Gasteiger charge is 2.23. The second-order valence-corrected chi connectivity index (χ2v) is 8.97. The molecule has 0 radical (unpaired) electrons. The maximum Gasteiger partial charge on any atom is 0.269 e. The molecule has 12 heteroatoms. The van der Waals surface area contributed by atoms with E-state index in [0.717, 1.165) is 41.8 Å². The monoisotopic (exact) mass is 449 g/mol. The smallest absolute Gasteiger partial charge is 0.269 e. The number of rotatable bonds is 7. The first-order chi connectivity index (χ1) is 14.3.